The van der Waals surface area contributed by atoms with Gasteiger partial charge in [0.05, 0.1) is 18.6 Å². The monoisotopic (exact) mass is 441 g/mol. The molecule has 3 amide bonds. The molecule has 1 aromatic carbocycles. The minimum Gasteiger partial charge on any atom is -0.426 e. The Balaban J connectivity index is 2.04. The third-order valence-electron chi connectivity index (χ3n) is 4.81. The molecule has 0 aliphatic heterocycles. The van der Waals surface area contributed by atoms with Gasteiger partial charge in [0.2, 0.25) is 11.8 Å². The molecule has 0 saturated heterocycles. The van der Waals surface area contributed by atoms with Crippen molar-refractivity contribution in [2.45, 2.75) is 37.7 Å². The standard InChI is InChI=1S/C21H28BN5O5/c1-27(2)19(28)13-16(25-21(30)17-14-23-11-12-24-17)20(29)26-18(22(31)32)10-6-9-15-7-4-3-5-8-15/h3-5,7-8,11-12,14,16,18,31-32H,6,9-10,13H2,1-2H3,(H,25,30)(H,26,29). The lowest BCUT2D eigenvalue weighted by atomic mass is 9.76. The fourth-order valence-electron chi connectivity index (χ4n) is 2.96. The Morgan fingerprint density at radius 1 is 1.09 bits per heavy atom. The second-order valence-electron chi connectivity index (χ2n) is 7.52. The van der Waals surface area contributed by atoms with E-state index in [1.165, 1.54) is 37.6 Å². The van der Waals surface area contributed by atoms with Crippen LogP contribution in [-0.2, 0) is 16.0 Å². The van der Waals surface area contributed by atoms with Gasteiger partial charge in [0.15, 0.2) is 0 Å². The highest BCUT2D eigenvalue weighted by Crippen LogP contribution is 2.08. The number of hydrogen-bond donors (Lipinski definition) is 4. The minimum atomic E-state index is -1.80. The molecule has 2 aromatic rings. The average Bonchev–Trinajstić information content (AvgIpc) is 2.78. The van der Waals surface area contributed by atoms with E-state index in [4.69, 9.17) is 0 Å². The molecule has 32 heavy (non-hydrogen) atoms. The van der Waals surface area contributed by atoms with Crippen molar-refractivity contribution in [3.8, 4) is 0 Å². The highest BCUT2D eigenvalue weighted by Gasteiger charge is 2.31. The summed E-state index contributed by atoms with van der Waals surface area (Å²) in [5, 5.41) is 24.5. The summed E-state index contributed by atoms with van der Waals surface area (Å²) in [6, 6.07) is 8.45. The zero-order chi connectivity index (χ0) is 23.5. The van der Waals surface area contributed by atoms with Crippen LogP contribution in [0.25, 0.3) is 0 Å². The van der Waals surface area contributed by atoms with Gasteiger partial charge in [-0.05, 0) is 24.8 Å². The van der Waals surface area contributed by atoms with Crippen LogP contribution in [0.1, 0.15) is 35.3 Å². The van der Waals surface area contributed by atoms with Gasteiger partial charge in [-0.3, -0.25) is 19.4 Å². The van der Waals surface area contributed by atoms with Gasteiger partial charge in [-0.25, -0.2) is 4.98 Å². The predicted molar refractivity (Wildman–Crippen MR) is 118 cm³/mol. The van der Waals surface area contributed by atoms with Crippen molar-refractivity contribution in [3.05, 3.63) is 60.2 Å². The number of hydrogen-bond acceptors (Lipinski definition) is 7. The molecule has 2 unspecified atom stereocenters. The lowest BCUT2D eigenvalue weighted by molar-refractivity contribution is -0.133. The number of nitrogens with zero attached hydrogens (tertiary/aromatic N) is 3. The third-order valence-corrected chi connectivity index (χ3v) is 4.81. The number of amides is 3. The van der Waals surface area contributed by atoms with E-state index in [1.54, 1.807) is 0 Å². The first kappa shape index (κ1) is 25.0. The Labute approximate surface area is 187 Å². The molecular formula is C21H28BN5O5. The Hall–Kier alpha value is -3.31. The molecule has 170 valence electrons. The van der Waals surface area contributed by atoms with Crippen molar-refractivity contribution in [1.82, 2.24) is 25.5 Å². The van der Waals surface area contributed by atoms with Gasteiger partial charge >= 0.3 is 7.12 Å². The summed E-state index contributed by atoms with van der Waals surface area (Å²) in [6.07, 6.45) is 5.26. The lowest BCUT2D eigenvalue weighted by Gasteiger charge is -2.23. The molecule has 4 N–H and O–H groups in total. The number of carbonyl (C=O) groups is 3. The number of carbonyl (C=O) groups excluding carboxylic acids is 3. The quantitative estimate of drug-likeness (QED) is 0.347. The molecule has 0 aliphatic carbocycles. The van der Waals surface area contributed by atoms with Crippen LogP contribution in [0.5, 0.6) is 0 Å². The lowest BCUT2D eigenvalue weighted by Crippen LogP contribution is -2.55. The van der Waals surface area contributed by atoms with Crippen LogP contribution in [-0.4, -0.2) is 75.8 Å². The maximum absolute atomic E-state index is 12.9. The first-order chi connectivity index (χ1) is 15.3. The van der Waals surface area contributed by atoms with Crippen molar-refractivity contribution in [2.75, 3.05) is 14.1 Å². The summed E-state index contributed by atoms with van der Waals surface area (Å²) >= 11 is 0. The van der Waals surface area contributed by atoms with Crippen LogP contribution in [0.15, 0.2) is 48.9 Å². The van der Waals surface area contributed by atoms with Crippen molar-refractivity contribution >= 4 is 24.8 Å². The van der Waals surface area contributed by atoms with E-state index in [0.29, 0.717) is 19.3 Å². The van der Waals surface area contributed by atoms with Crippen LogP contribution in [0, 0.1) is 0 Å². The second-order valence-corrected chi connectivity index (χ2v) is 7.52. The van der Waals surface area contributed by atoms with E-state index in [-0.39, 0.29) is 18.0 Å². The Morgan fingerprint density at radius 3 is 2.41 bits per heavy atom. The molecule has 0 fully saturated rings. The van der Waals surface area contributed by atoms with Crippen molar-refractivity contribution in [3.63, 3.8) is 0 Å². The van der Waals surface area contributed by atoms with E-state index in [0.717, 1.165) is 5.56 Å². The smallest absolute Gasteiger partial charge is 0.426 e. The summed E-state index contributed by atoms with van der Waals surface area (Å²) in [5.74, 6) is -2.71. The van der Waals surface area contributed by atoms with Gasteiger partial charge in [-0.1, -0.05) is 30.3 Å². The van der Waals surface area contributed by atoms with Gasteiger partial charge in [0.25, 0.3) is 5.91 Å². The summed E-state index contributed by atoms with van der Waals surface area (Å²) < 4.78 is 0. The average molecular weight is 441 g/mol. The molecule has 0 bridgehead atoms. The summed E-state index contributed by atoms with van der Waals surface area (Å²) in [5.41, 5.74) is 1.08. The zero-order valence-electron chi connectivity index (χ0n) is 18.1. The van der Waals surface area contributed by atoms with Crippen LogP contribution >= 0.6 is 0 Å². The highest BCUT2D eigenvalue weighted by atomic mass is 16.4. The van der Waals surface area contributed by atoms with E-state index >= 15 is 0 Å². The van der Waals surface area contributed by atoms with Crippen LogP contribution in [0.3, 0.4) is 0 Å². The summed E-state index contributed by atoms with van der Waals surface area (Å²) in [7, 11) is 1.27. The molecule has 2 rings (SSSR count). The molecule has 2 atom stereocenters. The van der Waals surface area contributed by atoms with Crippen LogP contribution in [0.4, 0.5) is 0 Å². The SMILES string of the molecule is CN(C)C(=O)CC(NC(=O)c1cnccn1)C(=O)NC(CCCc1ccccc1)B(O)O. The fraction of sp³-hybridized carbons (Fsp3) is 0.381. The largest absolute Gasteiger partial charge is 0.475 e. The molecule has 11 heteroatoms. The second kappa shape index (κ2) is 12.5. The number of aromatic nitrogens is 2. The fourth-order valence-corrected chi connectivity index (χ4v) is 2.96. The van der Waals surface area contributed by atoms with E-state index in [9.17, 15) is 24.4 Å². The molecule has 0 spiro atoms. The van der Waals surface area contributed by atoms with Gasteiger partial charge in [-0.2, -0.15) is 0 Å². The van der Waals surface area contributed by atoms with Gasteiger partial charge in [0, 0.05) is 26.5 Å². The molecule has 0 aliphatic rings. The van der Waals surface area contributed by atoms with Gasteiger partial charge < -0.3 is 25.6 Å². The molecule has 0 radical (unpaired) electrons. The molecule has 10 nitrogen and oxygen atoms in total. The van der Waals surface area contributed by atoms with Gasteiger partial charge in [0.1, 0.15) is 11.7 Å². The normalized spacial score (nSPS) is 12.4. The number of rotatable bonds is 11. The maximum atomic E-state index is 12.9. The van der Waals surface area contributed by atoms with Crippen LogP contribution in [0.2, 0.25) is 0 Å². The molecule has 1 aromatic heterocycles. The minimum absolute atomic E-state index is 0.00999. The number of nitrogens with one attached hydrogen (secondary N) is 2. The van der Waals surface area contributed by atoms with Crippen molar-refractivity contribution in [2.24, 2.45) is 0 Å². The van der Waals surface area contributed by atoms with Crippen LogP contribution < -0.4 is 10.6 Å². The molecule has 0 saturated carbocycles. The summed E-state index contributed by atoms with van der Waals surface area (Å²) in [6.45, 7) is 0. The zero-order valence-corrected chi connectivity index (χ0v) is 18.1. The summed E-state index contributed by atoms with van der Waals surface area (Å²) in [4.78, 5) is 46.5. The first-order valence-electron chi connectivity index (χ1n) is 10.3. The predicted octanol–water partition coefficient (Wildman–Crippen LogP) is -0.427. The molecular weight excluding hydrogens is 413 g/mol. The van der Waals surface area contributed by atoms with E-state index < -0.39 is 30.9 Å². The van der Waals surface area contributed by atoms with Crippen molar-refractivity contribution in [1.29, 1.82) is 0 Å². The van der Waals surface area contributed by atoms with Gasteiger partial charge in [-0.15, -0.1) is 0 Å². The number of benzene rings is 1. The Bertz CT molecular complexity index is 883. The number of aryl methyl sites for hydroxylation is 1. The highest BCUT2D eigenvalue weighted by molar-refractivity contribution is 6.43. The Kier molecular flexibility index (Phi) is 9.77. The third kappa shape index (κ3) is 8.08. The van der Waals surface area contributed by atoms with Crippen molar-refractivity contribution < 1.29 is 24.4 Å². The maximum Gasteiger partial charge on any atom is 0.475 e. The Morgan fingerprint density at radius 2 is 1.81 bits per heavy atom. The molecule has 1 heterocycles. The topological polar surface area (TPSA) is 145 Å². The first-order valence-corrected chi connectivity index (χ1v) is 10.3. The van der Waals surface area contributed by atoms with E-state index in [1.807, 2.05) is 30.3 Å². The van der Waals surface area contributed by atoms with E-state index in [2.05, 4.69) is 20.6 Å².